The van der Waals surface area contributed by atoms with Crippen LogP contribution >= 0.6 is 0 Å². The first kappa shape index (κ1) is 17.3. The standard InChI is InChI=1S/C21H19FN2O3/c22-16-5-2-1-4-15(16)7-9-20-23-17(21(25)24-20)12-14-6-8-18-19(13-14)27-11-3-10-26-18/h1-2,4-6,8,12-13H,3,7,9-11H2,(H,23,24,25)/b17-12+. The Morgan fingerprint density at radius 1 is 1.07 bits per heavy atom. The maximum atomic E-state index is 13.7. The Bertz CT molecular complexity index is 937. The number of carbonyl (C=O) groups excluding carboxylic acids is 1. The van der Waals surface area contributed by atoms with E-state index in [4.69, 9.17) is 9.47 Å². The van der Waals surface area contributed by atoms with Crippen molar-refractivity contribution in [3.63, 3.8) is 0 Å². The topological polar surface area (TPSA) is 59.9 Å². The van der Waals surface area contributed by atoms with Crippen molar-refractivity contribution in [2.75, 3.05) is 13.2 Å². The van der Waals surface area contributed by atoms with E-state index in [1.165, 1.54) is 6.07 Å². The number of amides is 1. The number of ether oxygens (including phenoxy) is 2. The molecule has 0 saturated heterocycles. The number of aliphatic imine (C=N–C) groups is 1. The highest BCUT2D eigenvalue weighted by Gasteiger charge is 2.20. The Kier molecular flexibility index (Phi) is 4.87. The van der Waals surface area contributed by atoms with Crippen molar-refractivity contribution in [1.29, 1.82) is 0 Å². The maximum absolute atomic E-state index is 13.7. The van der Waals surface area contributed by atoms with Crippen molar-refractivity contribution in [3.05, 3.63) is 65.1 Å². The summed E-state index contributed by atoms with van der Waals surface area (Å²) < 4.78 is 25.0. The summed E-state index contributed by atoms with van der Waals surface area (Å²) in [6.45, 7) is 1.23. The second-order valence-electron chi connectivity index (χ2n) is 6.39. The Hall–Kier alpha value is -3.15. The van der Waals surface area contributed by atoms with E-state index >= 15 is 0 Å². The molecule has 0 aromatic heterocycles. The van der Waals surface area contributed by atoms with E-state index in [0.717, 1.165) is 12.0 Å². The van der Waals surface area contributed by atoms with Crippen molar-refractivity contribution in [2.24, 2.45) is 4.99 Å². The first-order valence-corrected chi connectivity index (χ1v) is 8.93. The molecule has 0 spiro atoms. The third-order valence-corrected chi connectivity index (χ3v) is 4.41. The van der Waals surface area contributed by atoms with Crippen LogP contribution in [-0.4, -0.2) is 25.0 Å². The smallest absolute Gasteiger partial charge is 0.275 e. The largest absolute Gasteiger partial charge is 0.490 e. The van der Waals surface area contributed by atoms with E-state index in [9.17, 15) is 9.18 Å². The summed E-state index contributed by atoms with van der Waals surface area (Å²) in [5, 5.41) is 2.75. The average Bonchev–Trinajstić information content (AvgIpc) is 2.87. The number of amidine groups is 1. The van der Waals surface area contributed by atoms with Gasteiger partial charge < -0.3 is 14.8 Å². The molecule has 2 heterocycles. The van der Waals surface area contributed by atoms with Gasteiger partial charge in [0.05, 0.1) is 13.2 Å². The van der Waals surface area contributed by atoms with Crippen LogP contribution in [-0.2, 0) is 11.2 Å². The zero-order chi connectivity index (χ0) is 18.6. The van der Waals surface area contributed by atoms with E-state index in [1.807, 2.05) is 18.2 Å². The minimum atomic E-state index is -0.259. The lowest BCUT2D eigenvalue weighted by molar-refractivity contribution is -0.115. The Balaban J connectivity index is 1.49. The molecular weight excluding hydrogens is 347 g/mol. The van der Waals surface area contributed by atoms with Gasteiger partial charge in [-0.25, -0.2) is 9.38 Å². The van der Waals surface area contributed by atoms with E-state index < -0.39 is 0 Å². The number of benzene rings is 2. The van der Waals surface area contributed by atoms with Crippen LogP contribution in [0, 0.1) is 5.82 Å². The Labute approximate surface area is 156 Å². The molecule has 0 radical (unpaired) electrons. The van der Waals surface area contributed by atoms with E-state index in [1.54, 1.807) is 24.3 Å². The SMILES string of the molecule is O=C1NC(CCc2ccccc2F)=N/C1=C/c1ccc2c(c1)OCCCO2. The zero-order valence-electron chi connectivity index (χ0n) is 14.7. The fourth-order valence-electron chi connectivity index (χ4n) is 3.02. The predicted octanol–water partition coefficient (Wildman–Crippen LogP) is 3.49. The molecule has 2 aliphatic rings. The molecule has 0 saturated carbocycles. The molecule has 0 bridgehead atoms. The summed E-state index contributed by atoms with van der Waals surface area (Å²) in [5.74, 6) is 1.42. The molecule has 27 heavy (non-hydrogen) atoms. The molecule has 0 unspecified atom stereocenters. The number of nitrogens with one attached hydrogen (secondary N) is 1. The molecular formula is C21H19FN2O3. The third-order valence-electron chi connectivity index (χ3n) is 4.41. The number of fused-ring (bicyclic) bond motifs is 1. The second kappa shape index (κ2) is 7.61. The summed E-state index contributed by atoms with van der Waals surface area (Å²) in [6, 6.07) is 12.2. The van der Waals surface area contributed by atoms with E-state index in [0.29, 0.717) is 54.7 Å². The van der Waals surface area contributed by atoms with Crippen LogP contribution in [0.15, 0.2) is 53.2 Å². The molecule has 6 heteroatoms. The highest BCUT2D eigenvalue weighted by molar-refractivity contribution is 6.14. The van der Waals surface area contributed by atoms with Crippen molar-refractivity contribution < 1.29 is 18.7 Å². The maximum Gasteiger partial charge on any atom is 0.275 e. The molecule has 2 aromatic carbocycles. The number of hydrogen-bond donors (Lipinski definition) is 1. The highest BCUT2D eigenvalue weighted by Crippen LogP contribution is 2.31. The third kappa shape index (κ3) is 4.00. The van der Waals surface area contributed by atoms with E-state index in [-0.39, 0.29) is 11.7 Å². The van der Waals surface area contributed by atoms with Gasteiger partial charge >= 0.3 is 0 Å². The summed E-state index contributed by atoms with van der Waals surface area (Å²) >= 11 is 0. The van der Waals surface area contributed by atoms with E-state index in [2.05, 4.69) is 10.3 Å². The average molecular weight is 366 g/mol. The molecule has 1 amide bonds. The summed E-state index contributed by atoms with van der Waals surface area (Å²) in [5.41, 5.74) is 1.74. The van der Waals surface area contributed by atoms with Crippen LogP contribution in [0.5, 0.6) is 11.5 Å². The molecule has 0 fully saturated rings. The minimum Gasteiger partial charge on any atom is -0.490 e. The molecule has 2 aromatic rings. The normalized spacial score (nSPS) is 17.4. The van der Waals surface area contributed by atoms with Gasteiger partial charge in [0.1, 0.15) is 17.3 Å². The fourth-order valence-corrected chi connectivity index (χ4v) is 3.02. The molecule has 1 N–H and O–H groups in total. The quantitative estimate of drug-likeness (QED) is 0.843. The van der Waals surface area contributed by atoms with Gasteiger partial charge in [-0.1, -0.05) is 24.3 Å². The number of hydrogen-bond acceptors (Lipinski definition) is 4. The van der Waals surface area contributed by atoms with Gasteiger partial charge in [0.25, 0.3) is 5.91 Å². The number of nitrogens with zero attached hydrogens (tertiary/aromatic N) is 1. The van der Waals surface area contributed by atoms with Gasteiger partial charge in [-0.3, -0.25) is 4.79 Å². The lowest BCUT2D eigenvalue weighted by Gasteiger charge is -2.07. The first-order valence-electron chi connectivity index (χ1n) is 8.93. The van der Waals surface area contributed by atoms with Crippen LogP contribution in [0.3, 0.4) is 0 Å². The predicted molar refractivity (Wildman–Crippen MR) is 100 cm³/mol. The summed E-state index contributed by atoms with van der Waals surface area (Å²) in [7, 11) is 0. The Morgan fingerprint density at radius 3 is 2.74 bits per heavy atom. The van der Waals surface area contributed by atoms with Crippen LogP contribution in [0.25, 0.3) is 6.08 Å². The van der Waals surface area contributed by atoms with Crippen molar-refractivity contribution in [1.82, 2.24) is 5.32 Å². The van der Waals surface area contributed by atoms with Gasteiger partial charge in [0.15, 0.2) is 11.5 Å². The minimum absolute atomic E-state index is 0.245. The molecule has 4 rings (SSSR count). The number of halogens is 1. The first-order chi connectivity index (χ1) is 13.2. The van der Waals surface area contributed by atoms with Gasteiger partial charge in [-0.2, -0.15) is 0 Å². The van der Waals surface area contributed by atoms with Crippen LogP contribution in [0.2, 0.25) is 0 Å². The van der Waals surface area contributed by atoms with Crippen LogP contribution in [0.4, 0.5) is 4.39 Å². The molecule has 0 aliphatic carbocycles. The van der Waals surface area contributed by atoms with Gasteiger partial charge in [0, 0.05) is 12.8 Å². The molecule has 0 atom stereocenters. The van der Waals surface area contributed by atoms with Crippen molar-refractivity contribution in [3.8, 4) is 11.5 Å². The zero-order valence-corrected chi connectivity index (χ0v) is 14.7. The van der Waals surface area contributed by atoms with Gasteiger partial charge in [-0.15, -0.1) is 0 Å². The summed E-state index contributed by atoms with van der Waals surface area (Å²) in [6.07, 6.45) is 3.48. The van der Waals surface area contributed by atoms with Crippen LogP contribution in [0.1, 0.15) is 24.0 Å². The van der Waals surface area contributed by atoms with Crippen LogP contribution < -0.4 is 14.8 Å². The Morgan fingerprint density at radius 2 is 1.89 bits per heavy atom. The number of carbonyl (C=O) groups is 1. The number of aryl methyl sites for hydroxylation is 1. The molecule has 2 aliphatic heterocycles. The summed E-state index contributed by atoms with van der Waals surface area (Å²) in [4.78, 5) is 16.5. The molecule has 138 valence electrons. The fraction of sp³-hybridized carbons (Fsp3) is 0.238. The lowest BCUT2D eigenvalue weighted by atomic mass is 10.1. The second-order valence-corrected chi connectivity index (χ2v) is 6.39. The molecule has 5 nitrogen and oxygen atoms in total. The van der Waals surface area contributed by atoms with Crippen molar-refractivity contribution >= 4 is 17.8 Å². The highest BCUT2D eigenvalue weighted by atomic mass is 19.1. The van der Waals surface area contributed by atoms with Crippen molar-refractivity contribution in [2.45, 2.75) is 19.3 Å². The monoisotopic (exact) mass is 366 g/mol. The lowest BCUT2D eigenvalue weighted by Crippen LogP contribution is -2.24. The number of rotatable bonds is 4. The van der Waals surface area contributed by atoms with Gasteiger partial charge in [0.2, 0.25) is 0 Å². The van der Waals surface area contributed by atoms with Gasteiger partial charge in [-0.05, 0) is 41.8 Å².